The second kappa shape index (κ2) is 10.4. The van der Waals surface area contributed by atoms with E-state index in [-0.39, 0.29) is 24.1 Å². The van der Waals surface area contributed by atoms with Crippen molar-refractivity contribution >= 4 is 11.8 Å². The summed E-state index contributed by atoms with van der Waals surface area (Å²) in [5.41, 5.74) is 1.94. The van der Waals surface area contributed by atoms with Crippen LogP contribution in [0.4, 0.5) is 4.39 Å². The summed E-state index contributed by atoms with van der Waals surface area (Å²) in [6.45, 7) is 6.52. The molecule has 1 unspecified atom stereocenters. The van der Waals surface area contributed by atoms with Crippen molar-refractivity contribution in [3.8, 4) is 5.75 Å². The summed E-state index contributed by atoms with van der Waals surface area (Å²) in [5.74, 6) is 0.308. The lowest BCUT2D eigenvalue weighted by Gasteiger charge is -2.15. The van der Waals surface area contributed by atoms with Gasteiger partial charge in [-0.15, -0.1) is 0 Å². The lowest BCUT2D eigenvalue weighted by atomic mass is 10.0. The summed E-state index contributed by atoms with van der Waals surface area (Å²) in [5, 5.41) is 5.45. The van der Waals surface area contributed by atoms with Gasteiger partial charge in [-0.1, -0.05) is 38.1 Å². The molecule has 0 fully saturated rings. The minimum Gasteiger partial charge on any atom is -0.481 e. The second-order valence-electron chi connectivity index (χ2n) is 6.93. The third-order valence-electron chi connectivity index (χ3n) is 4.25. The van der Waals surface area contributed by atoms with E-state index in [0.717, 1.165) is 5.56 Å². The van der Waals surface area contributed by atoms with Gasteiger partial charge in [0.1, 0.15) is 11.6 Å². The van der Waals surface area contributed by atoms with Crippen molar-refractivity contribution in [3.63, 3.8) is 0 Å². The molecule has 2 aromatic rings. The molecule has 0 radical (unpaired) electrons. The molecule has 0 aliphatic carbocycles. The largest absolute Gasteiger partial charge is 0.481 e. The predicted molar refractivity (Wildman–Crippen MR) is 107 cm³/mol. The first-order chi connectivity index (χ1) is 13.3. The molecule has 0 aromatic heterocycles. The summed E-state index contributed by atoms with van der Waals surface area (Å²) < 4.78 is 18.5. The van der Waals surface area contributed by atoms with E-state index in [9.17, 15) is 14.0 Å². The maximum atomic E-state index is 12.8. The van der Waals surface area contributed by atoms with E-state index >= 15 is 0 Å². The van der Waals surface area contributed by atoms with Crippen molar-refractivity contribution in [1.29, 1.82) is 0 Å². The molecule has 0 heterocycles. The van der Waals surface area contributed by atoms with Gasteiger partial charge in [0.05, 0.1) is 6.42 Å². The van der Waals surface area contributed by atoms with Crippen LogP contribution in [0.25, 0.3) is 0 Å². The second-order valence-corrected chi connectivity index (χ2v) is 6.93. The number of halogens is 1. The Morgan fingerprint density at radius 3 is 2.14 bits per heavy atom. The summed E-state index contributed by atoms with van der Waals surface area (Å²) in [4.78, 5) is 24.0. The van der Waals surface area contributed by atoms with E-state index in [1.54, 1.807) is 19.1 Å². The number of carbonyl (C=O) groups is 2. The molecule has 2 amide bonds. The molecule has 28 heavy (non-hydrogen) atoms. The van der Waals surface area contributed by atoms with Gasteiger partial charge in [-0.05, 0) is 48.2 Å². The third-order valence-corrected chi connectivity index (χ3v) is 4.25. The van der Waals surface area contributed by atoms with Gasteiger partial charge in [-0.25, -0.2) is 4.39 Å². The van der Waals surface area contributed by atoms with Crippen LogP contribution in [0.2, 0.25) is 0 Å². The Morgan fingerprint density at radius 1 is 0.929 bits per heavy atom. The van der Waals surface area contributed by atoms with Crippen molar-refractivity contribution in [2.45, 2.75) is 39.2 Å². The van der Waals surface area contributed by atoms with Crippen LogP contribution in [-0.4, -0.2) is 31.0 Å². The molecule has 0 aliphatic rings. The smallest absolute Gasteiger partial charge is 0.260 e. The molecule has 2 N–H and O–H groups in total. The van der Waals surface area contributed by atoms with Gasteiger partial charge in [-0.3, -0.25) is 9.59 Å². The molecule has 0 saturated carbocycles. The van der Waals surface area contributed by atoms with Crippen LogP contribution in [-0.2, 0) is 16.0 Å². The average molecular weight is 386 g/mol. The fourth-order valence-electron chi connectivity index (χ4n) is 2.57. The highest BCUT2D eigenvalue weighted by Gasteiger charge is 2.14. The van der Waals surface area contributed by atoms with Gasteiger partial charge >= 0.3 is 0 Å². The molecular formula is C22H27FN2O3. The van der Waals surface area contributed by atoms with Crippen molar-refractivity contribution in [1.82, 2.24) is 10.6 Å². The summed E-state index contributed by atoms with van der Waals surface area (Å²) in [7, 11) is 0. The molecule has 0 bridgehead atoms. The average Bonchev–Trinajstić information content (AvgIpc) is 2.67. The molecular weight excluding hydrogens is 359 g/mol. The van der Waals surface area contributed by atoms with Gasteiger partial charge in [-0.2, -0.15) is 0 Å². The van der Waals surface area contributed by atoms with Gasteiger partial charge in [0.15, 0.2) is 6.10 Å². The van der Waals surface area contributed by atoms with Crippen LogP contribution in [0.5, 0.6) is 5.75 Å². The maximum Gasteiger partial charge on any atom is 0.260 e. The van der Waals surface area contributed by atoms with E-state index in [4.69, 9.17) is 4.74 Å². The molecule has 0 aliphatic heterocycles. The Kier molecular flexibility index (Phi) is 7.99. The number of nitrogens with one attached hydrogen (secondary N) is 2. The summed E-state index contributed by atoms with van der Waals surface area (Å²) in [6.07, 6.45) is -0.472. The van der Waals surface area contributed by atoms with Crippen LogP contribution in [0, 0.1) is 5.82 Å². The minimum atomic E-state index is -0.639. The predicted octanol–water partition coefficient (Wildman–Crippen LogP) is 3.19. The number of amides is 2. The quantitative estimate of drug-likeness (QED) is 0.651. The Labute approximate surface area is 165 Å². The fraction of sp³-hybridized carbons (Fsp3) is 0.364. The third kappa shape index (κ3) is 7.02. The molecule has 6 heteroatoms. The number of hydrogen-bond donors (Lipinski definition) is 2. The van der Waals surface area contributed by atoms with Crippen LogP contribution in [0.1, 0.15) is 37.8 Å². The van der Waals surface area contributed by atoms with Crippen LogP contribution < -0.4 is 15.4 Å². The van der Waals surface area contributed by atoms with Crippen molar-refractivity contribution in [3.05, 3.63) is 65.5 Å². The first-order valence-corrected chi connectivity index (χ1v) is 9.40. The number of carbonyl (C=O) groups excluding carboxylic acids is 2. The highest BCUT2D eigenvalue weighted by atomic mass is 19.1. The lowest BCUT2D eigenvalue weighted by Crippen LogP contribution is -2.41. The zero-order valence-electron chi connectivity index (χ0n) is 16.5. The molecule has 150 valence electrons. The van der Waals surface area contributed by atoms with Gasteiger partial charge in [0.2, 0.25) is 5.91 Å². The number of rotatable bonds is 9. The molecule has 5 nitrogen and oxygen atoms in total. The SMILES string of the molecule is CC(Oc1ccc(C(C)C)cc1)C(=O)NCCNC(=O)Cc1ccc(F)cc1. The highest BCUT2D eigenvalue weighted by Crippen LogP contribution is 2.19. The minimum absolute atomic E-state index is 0.167. The summed E-state index contributed by atoms with van der Waals surface area (Å²) in [6, 6.07) is 13.5. The number of ether oxygens (including phenoxy) is 1. The van der Waals surface area contributed by atoms with Gasteiger partial charge < -0.3 is 15.4 Å². The standard InChI is InChI=1S/C22H27FN2O3/c1-15(2)18-6-10-20(11-7-18)28-16(3)22(27)25-13-12-24-21(26)14-17-4-8-19(23)9-5-17/h4-11,15-16H,12-14H2,1-3H3,(H,24,26)(H,25,27). The Bertz CT molecular complexity index is 773. The van der Waals surface area contributed by atoms with Crippen LogP contribution >= 0.6 is 0 Å². The van der Waals surface area contributed by atoms with Gasteiger partial charge in [0, 0.05) is 13.1 Å². The van der Waals surface area contributed by atoms with Crippen molar-refractivity contribution in [2.24, 2.45) is 0 Å². The van der Waals surface area contributed by atoms with E-state index < -0.39 is 6.10 Å². The molecule has 0 spiro atoms. The monoisotopic (exact) mass is 386 g/mol. The number of hydrogen-bond acceptors (Lipinski definition) is 3. The van der Waals surface area contributed by atoms with Crippen LogP contribution in [0.15, 0.2) is 48.5 Å². The maximum absolute atomic E-state index is 12.8. The molecule has 1 atom stereocenters. The van der Waals surface area contributed by atoms with Crippen LogP contribution in [0.3, 0.4) is 0 Å². The molecule has 2 aromatic carbocycles. The molecule has 2 rings (SSSR count). The first-order valence-electron chi connectivity index (χ1n) is 9.40. The van der Waals surface area contributed by atoms with Gasteiger partial charge in [0.25, 0.3) is 5.91 Å². The van der Waals surface area contributed by atoms with E-state index in [1.165, 1.54) is 17.7 Å². The zero-order valence-corrected chi connectivity index (χ0v) is 16.5. The molecule has 0 saturated heterocycles. The number of benzene rings is 2. The Hall–Kier alpha value is -2.89. The van der Waals surface area contributed by atoms with E-state index in [1.807, 2.05) is 24.3 Å². The summed E-state index contributed by atoms with van der Waals surface area (Å²) >= 11 is 0. The van der Waals surface area contributed by atoms with E-state index in [2.05, 4.69) is 24.5 Å². The van der Waals surface area contributed by atoms with Crippen molar-refractivity contribution < 1.29 is 18.7 Å². The fourth-order valence-corrected chi connectivity index (χ4v) is 2.57. The normalized spacial score (nSPS) is 11.8. The van der Waals surface area contributed by atoms with Crippen molar-refractivity contribution in [2.75, 3.05) is 13.1 Å². The van der Waals surface area contributed by atoms with E-state index in [0.29, 0.717) is 24.8 Å². The lowest BCUT2D eigenvalue weighted by molar-refractivity contribution is -0.127. The first kappa shape index (κ1) is 21.4. The Morgan fingerprint density at radius 2 is 1.54 bits per heavy atom. The Balaban J connectivity index is 1.67. The topological polar surface area (TPSA) is 67.4 Å². The highest BCUT2D eigenvalue weighted by molar-refractivity contribution is 5.81. The zero-order chi connectivity index (χ0) is 20.5.